The third-order valence-corrected chi connectivity index (χ3v) is 7.24. The van der Waals surface area contributed by atoms with Crippen LogP contribution in [0.15, 0.2) is 48.8 Å². The molecule has 0 spiro atoms. The van der Waals surface area contributed by atoms with Gasteiger partial charge in [-0.15, -0.1) is 0 Å². The summed E-state index contributed by atoms with van der Waals surface area (Å²) in [7, 11) is 0. The van der Waals surface area contributed by atoms with Gasteiger partial charge in [0.05, 0.1) is 22.3 Å². The van der Waals surface area contributed by atoms with Crippen molar-refractivity contribution in [1.29, 1.82) is 0 Å². The molecule has 2 N–H and O–H groups in total. The summed E-state index contributed by atoms with van der Waals surface area (Å²) in [6.45, 7) is 6.45. The highest BCUT2D eigenvalue weighted by Crippen LogP contribution is 2.41. The average Bonchev–Trinajstić information content (AvgIpc) is 3.55. The summed E-state index contributed by atoms with van der Waals surface area (Å²) in [4.78, 5) is 31.1. The number of aromatic amines is 1. The molecule has 2 aromatic carbocycles. The minimum atomic E-state index is -4.66. The number of carbonyl (C=O) groups excluding carboxylic acids is 2. The summed E-state index contributed by atoms with van der Waals surface area (Å²) >= 11 is 0. The van der Waals surface area contributed by atoms with E-state index in [2.05, 4.69) is 15.2 Å². The fourth-order valence-electron chi connectivity index (χ4n) is 5.12. The van der Waals surface area contributed by atoms with Gasteiger partial charge in [-0.3, -0.25) is 14.9 Å². The number of imide groups is 1. The molecular formula is C28H24F6N4O2. The Bertz CT molecular complexity index is 1670. The molecule has 210 valence electrons. The van der Waals surface area contributed by atoms with E-state index in [1.54, 1.807) is 4.57 Å². The second-order valence-electron chi connectivity index (χ2n) is 9.49. The maximum Gasteiger partial charge on any atom is 0.416 e. The fraction of sp³-hybridized carbons (Fsp3) is 0.286. The molecule has 6 nitrogen and oxygen atoms in total. The topological polar surface area (TPSA) is 70.1 Å². The van der Waals surface area contributed by atoms with Crippen molar-refractivity contribution in [1.82, 2.24) is 19.8 Å². The predicted octanol–water partition coefficient (Wildman–Crippen LogP) is 6.07. The summed E-state index contributed by atoms with van der Waals surface area (Å²) < 4.78 is 83.1. The number of fused-ring (bicyclic) bond motifs is 2. The zero-order valence-electron chi connectivity index (χ0n) is 21.4. The molecule has 0 radical (unpaired) electrons. The summed E-state index contributed by atoms with van der Waals surface area (Å²) in [6, 6.07) is 6.17. The number of H-pyrrole nitrogens is 1. The molecule has 3 heterocycles. The SMILES string of the molecule is CCN(CC)CCn1cc(C2=C(c3c[nH]c4ccc(C(F)(F)F)cc34)C(=O)NC2=O)c2cc(C(F)(F)F)ccc21. The molecule has 1 aliphatic heterocycles. The maximum absolute atomic E-state index is 13.7. The van der Waals surface area contributed by atoms with Crippen molar-refractivity contribution in [2.45, 2.75) is 32.7 Å². The number of hydrogen-bond acceptors (Lipinski definition) is 3. The van der Waals surface area contributed by atoms with Crippen LogP contribution in [-0.2, 0) is 28.5 Å². The number of alkyl halides is 6. The van der Waals surface area contributed by atoms with Gasteiger partial charge in [0.25, 0.3) is 11.8 Å². The number of nitrogens with one attached hydrogen (secondary N) is 2. The number of likely N-dealkylation sites (N-methyl/N-ethyl adjacent to an activating group) is 1. The van der Waals surface area contributed by atoms with E-state index in [1.165, 1.54) is 24.5 Å². The van der Waals surface area contributed by atoms with Crippen LogP contribution in [0.25, 0.3) is 33.0 Å². The van der Waals surface area contributed by atoms with Crippen molar-refractivity contribution in [3.05, 3.63) is 71.0 Å². The van der Waals surface area contributed by atoms with Crippen LogP contribution >= 0.6 is 0 Å². The number of nitrogens with zero attached hydrogens (tertiary/aromatic N) is 2. The Morgan fingerprint density at radius 2 is 1.38 bits per heavy atom. The molecule has 12 heteroatoms. The smallest absolute Gasteiger partial charge is 0.361 e. The van der Waals surface area contributed by atoms with Crippen LogP contribution in [-0.4, -0.2) is 45.9 Å². The van der Waals surface area contributed by atoms with Crippen LogP contribution in [0.1, 0.15) is 36.1 Å². The zero-order valence-corrected chi connectivity index (χ0v) is 21.4. The van der Waals surface area contributed by atoms with Crippen LogP contribution in [0.3, 0.4) is 0 Å². The van der Waals surface area contributed by atoms with Gasteiger partial charge in [-0.2, -0.15) is 26.3 Å². The number of rotatable bonds is 7. The highest BCUT2D eigenvalue weighted by Gasteiger charge is 2.37. The highest BCUT2D eigenvalue weighted by atomic mass is 19.4. The zero-order chi connectivity index (χ0) is 29.0. The monoisotopic (exact) mass is 562 g/mol. The first-order chi connectivity index (χ1) is 18.8. The van der Waals surface area contributed by atoms with E-state index in [0.29, 0.717) is 24.1 Å². The Labute approximate surface area is 224 Å². The number of carbonyl (C=O) groups is 2. The third-order valence-electron chi connectivity index (χ3n) is 7.24. The largest absolute Gasteiger partial charge is 0.416 e. The first-order valence-electron chi connectivity index (χ1n) is 12.5. The van der Waals surface area contributed by atoms with Crippen LogP contribution < -0.4 is 5.32 Å². The van der Waals surface area contributed by atoms with Gasteiger partial charge in [0, 0.05) is 58.4 Å². The van der Waals surface area contributed by atoms with E-state index in [9.17, 15) is 35.9 Å². The van der Waals surface area contributed by atoms with E-state index in [0.717, 1.165) is 37.4 Å². The average molecular weight is 563 g/mol. The Morgan fingerprint density at radius 3 is 1.98 bits per heavy atom. The minimum absolute atomic E-state index is 0.0375. The van der Waals surface area contributed by atoms with Gasteiger partial charge in [0.2, 0.25) is 0 Å². The van der Waals surface area contributed by atoms with Crippen molar-refractivity contribution in [3.8, 4) is 0 Å². The number of aromatic nitrogens is 2. The van der Waals surface area contributed by atoms with Gasteiger partial charge >= 0.3 is 12.4 Å². The molecule has 0 bridgehead atoms. The maximum atomic E-state index is 13.7. The molecule has 2 aromatic heterocycles. The highest BCUT2D eigenvalue weighted by molar-refractivity contribution is 6.50. The molecule has 0 aliphatic carbocycles. The second kappa shape index (κ2) is 9.84. The summed E-state index contributed by atoms with van der Waals surface area (Å²) in [5, 5.41) is 2.32. The van der Waals surface area contributed by atoms with E-state index in [4.69, 9.17) is 0 Å². The van der Waals surface area contributed by atoms with Crippen LogP contribution in [0.2, 0.25) is 0 Å². The fourth-order valence-corrected chi connectivity index (χ4v) is 5.12. The van der Waals surface area contributed by atoms with Crippen molar-refractivity contribution < 1.29 is 35.9 Å². The number of amides is 2. The van der Waals surface area contributed by atoms with Gasteiger partial charge in [-0.05, 0) is 49.5 Å². The van der Waals surface area contributed by atoms with Gasteiger partial charge in [-0.25, -0.2) is 0 Å². The lowest BCUT2D eigenvalue weighted by Gasteiger charge is -2.18. The number of hydrogen-bond donors (Lipinski definition) is 2. The van der Waals surface area contributed by atoms with Gasteiger partial charge in [0.15, 0.2) is 0 Å². The van der Waals surface area contributed by atoms with Crippen molar-refractivity contribution in [2.24, 2.45) is 0 Å². The molecule has 40 heavy (non-hydrogen) atoms. The number of benzene rings is 2. The Morgan fingerprint density at radius 1 is 0.800 bits per heavy atom. The molecule has 2 amide bonds. The molecule has 1 aliphatic rings. The van der Waals surface area contributed by atoms with Crippen molar-refractivity contribution >= 4 is 44.8 Å². The number of halogens is 6. The molecule has 4 aromatic rings. The van der Waals surface area contributed by atoms with E-state index in [1.807, 2.05) is 13.8 Å². The minimum Gasteiger partial charge on any atom is -0.361 e. The Kier molecular flexibility index (Phi) is 6.77. The van der Waals surface area contributed by atoms with E-state index >= 15 is 0 Å². The van der Waals surface area contributed by atoms with Crippen LogP contribution in [0.4, 0.5) is 26.3 Å². The molecule has 0 unspecified atom stereocenters. The van der Waals surface area contributed by atoms with Crippen LogP contribution in [0, 0.1) is 0 Å². The first-order valence-corrected chi connectivity index (χ1v) is 12.5. The lowest BCUT2D eigenvalue weighted by Crippen LogP contribution is -2.26. The summed E-state index contributed by atoms with van der Waals surface area (Å²) in [6.07, 6.45) is -6.47. The van der Waals surface area contributed by atoms with Crippen molar-refractivity contribution in [3.63, 3.8) is 0 Å². The van der Waals surface area contributed by atoms with Gasteiger partial charge < -0.3 is 14.5 Å². The Hall–Kier alpha value is -4.06. The molecule has 0 fully saturated rings. The molecular weight excluding hydrogens is 538 g/mol. The predicted molar refractivity (Wildman–Crippen MR) is 138 cm³/mol. The standard InChI is InChI=1S/C28H24F6N4O2/c1-3-37(4-2)9-10-38-14-20(18-12-16(28(32,33)34)6-8-22(18)38)24-23(25(39)36-26(24)40)19-13-35-21-7-5-15(11-17(19)21)27(29,30)31/h5-8,11-14,35H,3-4,9-10H2,1-2H3,(H,36,39,40). The van der Waals surface area contributed by atoms with Gasteiger partial charge in [-0.1, -0.05) is 13.8 Å². The Balaban J connectivity index is 1.76. The first kappa shape index (κ1) is 27.5. The molecule has 0 saturated heterocycles. The van der Waals surface area contributed by atoms with E-state index in [-0.39, 0.29) is 33.0 Å². The van der Waals surface area contributed by atoms with Gasteiger partial charge in [0.1, 0.15) is 0 Å². The van der Waals surface area contributed by atoms with Crippen LogP contribution in [0.5, 0.6) is 0 Å². The van der Waals surface area contributed by atoms with E-state index < -0.39 is 35.3 Å². The second-order valence-corrected chi connectivity index (χ2v) is 9.49. The lowest BCUT2D eigenvalue weighted by atomic mass is 9.94. The third kappa shape index (κ3) is 4.76. The molecule has 0 saturated carbocycles. The quantitative estimate of drug-likeness (QED) is 0.212. The summed E-state index contributed by atoms with van der Waals surface area (Å²) in [5.41, 5.74) is -1.46. The molecule has 0 atom stereocenters. The molecule has 5 rings (SSSR count). The lowest BCUT2D eigenvalue weighted by molar-refractivity contribution is -0.138. The normalized spacial score (nSPS) is 14.8. The summed E-state index contributed by atoms with van der Waals surface area (Å²) in [5.74, 6) is -1.70. The van der Waals surface area contributed by atoms with Crippen molar-refractivity contribution in [2.75, 3.05) is 19.6 Å².